The Kier molecular flexibility index (Phi) is 6.85. The molecule has 0 aliphatic rings. The molecule has 0 saturated heterocycles. The van der Waals surface area contributed by atoms with Crippen LogP contribution in [0, 0.1) is 6.92 Å². The molecule has 2 rings (SSSR count). The summed E-state index contributed by atoms with van der Waals surface area (Å²) in [5, 5.41) is 13.1. The Morgan fingerprint density at radius 1 is 1.07 bits per heavy atom. The summed E-state index contributed by atoms with van der Waals surface area (Å²) in [7, 11) is -4.54. The number of carbonyl (C=O) groups excluding carboxylic acids is 1. The maximum absolute atomic E-state index is 13.3. The predicted octanol–water partition coefficient (Wildman–Crippen LogP) is 2.19. The molecule has 0 bridgehead atoms. The summed E-state index contributed by atoms with van der Waals surface area (Å²) in [6.07, 6.45) is -5.39. The van der Waals surface area contributed by atoms with Crippen molar-refractivity contribution < 1.29 is 40.5 Å². The number of carboxylic acid groups (broad SMARTS) is 1. The van der Waals surface area contributed by atoms with Crippen LogP contribution in [0.4, 0.5) is 13.2 Å². The third kappa shape index (κ3) is 6.49. The molecule has 2 aromatic carbocycles. The average Bonchev–Trinajstić information content (AvgIpc) is 2.62. The standard InChI is InChI=1S/C18H16F3NO6S/c1-12-2-8-15(9-3-12)29(25,26)28-22-17(18(19,20)21)13-4-6-14(7-5-13)27-11-10-16(23)24/h2-9H,10-11H2,1H3,(H,23,24)/p-1/b22-17-. The minimum atomic E-state index is -5.00. The Morgan fingerprint density at radius 2 is 1.66 bits per heavy atom. The highest BCUT2D eigenvalue weighted by molar-refractivity contribution is 7.86. The van der Waals surface area contributed by atoms with Crippen LogP contribution in [-0.2, 0) is 19.2 Å². The largest absolute Gasteiger partial charge is 0.550 e. The lowest BCUT2D eigenvalue weighted by molar-refractivity contribution is -0.306. The van der Waals surface area contributed by atoms with E-state index >= 15 is 0 Å². The number of aliphatic carboxylic acids is 1. The summed E-state index contributed by atoms with van der Waals surface area (Å²) < 4.78 is 73.4. The Bertz CT molecular complexity index is 984. The van der Waals surface area contributed by atoms with Gasteiger partial charge in [-0.2, -0.15) is 21.6 Å². The van der Waals surface area contributed by atoms with Crippen LogP contribution in [0.2, 0.25) is 0 Å². The highest BCUT2D eigenvalue weighted by Gasteiger charge is 2.38. The van der Waals surface area contributed by atoms with Crippen LogP contribution >= 0.6 is 0 Å². The molecule has 0 fully saturated rings. The molecule has 2 aromatic rings. The van der Waals surface area contributed by atoms with E-state index in [0.717, 1.165) is 29.8 Å². The van der Waals surface area contributed by atoms with Gasteiger partial charge in [0, 0.05) is 18.0 Å². The van der Waals surface area contributed by atoms with Crippen molar-refractivity contribution in [3.05, 3.63) is 59.7 Å². The molecule has 11 heteroatoms. The van der Waals surface area contributed by atoms with Crippen molar-refractivity contribution in [2.75, 3.05) is 6.61 Å². The molecule has 0 aromatic heterocycles. The normalized spacial score (nSPS) is 12.5. The number of hydrogen-bond acceptors (Lipinski definition) is 7. The fraction of sp³-hybridized carbons (Fsp3) is 0.222. The van der Waals surface area contributed by atoms with Gasteiger partial charge in [-0.25, -0.2) is 0 Å². The SMILES string of the molecule is Cc1ccc(S(=O)(=O)O/N=C(/c2ccc(OCCC(=O)[O-])cc2)C(F)(F)F)cc1. The monoisotopic (exact) mass is 430 g/mol. The lowest BCUT2D eigenvalue weighted by Crippen LogP contribution is -2.25. The van der Waals surface area contributed by atoms with Crippen molar-refractivity contribution in [1.29, 1.82) is 0 Å². The van der Waals surface area contributed by atoms with Crippen LogP contribution in [0.15, 0.2) is 58.6 Å². The van der Waals surface area contributed by atoms with Gasteiger partial charge in [0.15, 0.2) is 5.71 Å². The number of benzene rings is 2. The molecule has 0 N–H and O–H groups in total. The number of ether oxygens (including phenoxy) is 1. The summed E-state index contributed by atoms with van der Waals surface area (Å²) in [6.45, 7) is 1.49. The van der Waals surface area contributed by atoms with Gasteiger partial charge in [-0.05, 0) is 43.3 Å². The molecule has 0 aliphatic heterocycles. The third-order valence-electron chi connectivity index (χ3n) is 3.51. The minimum Gasteiger partial charge on any atom is -0.550 e. The molecule has 0 spiro atoms. The maximum Gasteiger partial charge on any atom is 0.437 e. The van der Waals surface area contributed by atoms with Gasteiger partial charge in [-0.3, -0.25) is 4.28 Å². The van der Waals surface area contributed by atoms with E-state index in [4.69, 9.17) is 4.74 Å². The molecule has 156 valence electrons. The summed E-state index contributed by atoms with van der Waals surface area (Å²) in [4.78, 5) is 9.98. The van der Waals surface area contributed by atoms with Gasteiger partial charge in [-0.15, -0.1) is 0 Å². The fourth-order valence-corrected chi connectivity index (χ4v) is 2.79. The second-order valence-electron chi connectivity index (χ2n) is 5.77. The van der Waals surface area contributed by atoms with Crippen LogP contribution in [-0.4, -0.2) is 32.9 Å². The predicted molar refractivity (Wildman–Crippen MR) is 93.6 cm³/mol. The van der Waals surface area contributed by atoms with Crippen LogP contribution in [0.5, 0.6) is 5.75 Å². The van der Waals surface area contributed by atoms with Gasteiger partial charge in [0.05, 0.1) is 6.61 Å². The fourth-order valence-electron chi connectivity index (χ4n) is 2.06. The Balaban J connectivity index is 2.23. The van der Waals surface area contributed by atoms with Crippen molar-refractivity contribution in [3.8, 4) is 5.75 Å². The third-order valence-corrected chi connectivity index (χ3v) is 4.63. The number of rotatable bonds is 8. The second-order valence-corrected chi connectivity index (χ2v) is 7.30. The maximum atomic E-state index is 13.3. The zero-order valence-corrected chi connectivity index (χ0v) is 15.8. The molecule has 0 amide bonds. The number of nitrogens with zero attached hydrogens (tertiary/aromatic N) is 1. The van der Waals surface area contributed by atoms with E-state index in [2.05, 4.69) is 9.44 Å². The number of carbonyl (C=O) groups is 1. The highest BCUT2D eigenvalue weighted by atomic mass is 32.2. The number of halogens is 3. The zero-order chi connectivity index (χ0) is 21.7. The van der Waals surface area contributed by atoms with Crippen molar-refractivity contribution in [2.45, 2.75) is 24.4 Å². The zero-order valence-electron chi connectivity index (χ0n) is 15.0. The lowest BCUT2D eigenvalue weighted by Gasteiger charge is -2.12. The number of oxime groups is 1. The molecule has 0 unspecified atom stereocenters. The Hall–Kier alpha value is -3.08. The van der Waals surface area contributed by atoms with Crippen LogP contribution in [0.3, 0.4) is 0 Å². The van der Waals surface area contributed by atoms with E-state index in [-0.39, 0.29) is 23.7 Å². The molecule has 0 heterocycles. The van der Waals surface area contributed by atoms with Gasteiger partial charge in [0.25, 0.3) is 0 Å². The molecular formula is C18H15F3NO6S-. The summed E-state index contributed by atoms with van der Waals surface area (Å²) in [5.74, 6) is -1.22. The highest BCUT2D eigenvalue weighted by Crippen LogP contribution is 2.25. The van der Waals surface area contributed by atoms with Crippen molar-refractivity contribution in [2.24, 2.45) is 5.16 Å². The quantitative estimate of drug-likeness (QED) is 0.470. The van der Waals surface area contributed by atoms with Crippen LogP contribution in [0.25, 0.3) is 0 Å². The van der Waals surface area contributed by atoms with E-state index in [1.54, 1.807) is 6.92 Å². The van der Waals surface area contributed by atoms with E-state index in [0.29, 0.717) is 0 Å². The van der Waals surface area contributed by atoms with Gasteiger partial charge < -0.3 is 14.6 Å². The van der Waals surface area contributed by atoms with E-state index < -0.39 is 33.5 Å². The van der Waals surface area contributed by atoms with Gasteiger partial charge >= 0.3 is 16.3 Å². The topological polar surface area (TPSA) is 105 Å². The van der Waals surface area contributed by atoms with E-state index in [1.807, 2.05) is 0 Å². The van der Waals surface area contributed by atoms with E-state index in [1.165, 1.54) is 24.3 Å². The van der Waals surface area contributed by atoms with E-state index in [9.17, 15) is 31.5 Å². The molecule has 0 saturated carbocycles. The molecule has 0 radical (unpaired) electrons. The van der Waals surface area contributed by atoms with Crippen LogP contribution in [0.1, 0.15) is 17.5 Å². The van der Waals surface area contributed by atoms with Crippen LogP contribution < -0.4 is 9.84 Å². The van der Waals surface area contributed by atoms with Crippen molar-refractivity contribution >= 4 is 21.8 Å². The molecule has 0 atom stereocenters. The lowest BCUT2D eigenvalue weighted by atomic mass is 10.1. The van der Waals surface area contributed by atoms with Gasteiger partial charge in [-0.1, -0.05) is 22.9 Å². The molecule has 29 heavy (non-hydrogen) atoms. The molecule has 0 aliphatic carbocycles. The first-order valence-electron chi connectivity index (χ1n) is 8.07. The number of carboxylic acids is 1. The first-order chi connectivity index (χ1) is 13.5. The average molecular weight is 430 g/mol. The Morgan fingerprint density at radius 3 is 2.17 bits per heavy atom. The summed E-state index contributed by atoms with van der Waals surface area (Å²) >= 11 is 0. The summed E-state index contributed by atoms with van der Waals surface area (Å²) in [5.41, 5.74) is -1.27. The van der Waals surface area contributed by atoms with Crippen molar-refractivity contribution in [3.63, 3.8) is 0 Å². The second kappa shape index (κ2) is 8.95. The molecular weight excluding hydrogens is 415 g/mol. The summed E-state index contributed by atoms with van der Waals surface area (Å²) in [6, 6.07) is 9.58. The van der Waals surface area contributed by atoms with Crippen molar-refractivity contribution in [1.82, 2.24) is 0 Å². The smallest absolute Gasteiger partial charge is 0.437 e. The Labute approximate surface area is 164 Å². The first-order valence-corrected chi connectivity index (χ1v) is 9.48. The first kappa shape index (κ1) is 22.2. The minimum absolute atomic E-state index is 0.115. The molecule has 7 nitrogen and oxygen atoms in total. The number of alkyl halides is 3. The number of hydrogen-bond donors (Lipinski definition) is 0. The number of aryl methyl sites for hydroxylation is 1. The van der Waals surface area contributed by atoms with Gasteiger partial charge in [0.1, 0.15) is 10.6 Å². The van der Waals surface area contributed by atoms with Gasteiger partial charge in [0.2, 0.25) is 0 Å².